The Morgan fingerprint density at radius 1 is 0.925 bits per heavy atom. The number of nitrogens with two attached hydrogens (primary N) is 2. The highest BCUT2D eigenvalue weighted by molar-refractivity contribution is 5.88. The van der Waals surface area contributed by atoms with E-state index in [4.69, 9.17) is 16.2 Å². The van der Waals surface area contributed by atoms with Crippen LogP contribution in [0, 0.1) is 52.3 Å². The van der Waals surface area contributed by atoms with E-state index in [1.807, 2.05) is 6.92 Å². The predicted molar refractivity (Wildman–Crippen MR) is 159 cm³/mol. The Hall–Kier alpha value is -1.27. The normalized spacial score (nSPS) is 38.6. The zero-order valence-electron chi connectivity index (χ0n) is 26.1. The predicted octanol–water partition coefficient (Wildman–Crippen LogP) is 6.22. The minimum Gasteiger partial charge on any atom is -0.462 e. The number of unbranched alkanes of at least 4 members (excludes halogenated alkanes) is 1. The van der Waals surface area contributed by atoms with E-state index in [-0.39, 0.29) is 35.6 Å². The third kappa shape index (κ3) is 6.38. The quantitative estimate of drug-likeness (QED) is 0.217. The van der Waals surface area contributed by atoms with Crippen molar-refractivity contribution in [2.45, 2.75) is 137 Å². The average molecular weight is 559 g/mol. The van der Waals surface area contributed by atoms with Crippen LogP contribution in [0.4, 0.5) is 0 Å². The van der Waals surface area contributed by atoms with E-state index in [9.17, 15) is 14.4 Å². The van der Waals surface area contributed by atoms with Crippen molar-refractivity contribution in [1.29, 1.82) is 0 Å². The first-order valence-corrected chi connectivity index (χ1v) is 16.6. The fraction of sp³-hybridized carbons (Fsp3) is 0.912. The standard InChI is InChI=1S/C34H58N2O4/c1-21(2)18-30(36)31(38)19-23(8-6-7-17-35)32(39)40-25-13-15-33(4)24(20-25)9-10-26-28-12-11-27(22(3)37)34(28,5)16-14-29(26)33/h21,23-30H,6-20,35-36H2,1-5H3/t23-,24+,25-,26+,27-,28+,29+,30+,33+,34-/m1/s1. The van der Waals surface area contributed by atoms with Gasteiger partial charge in [0.25, 0.3) is 0 Å². The number of hydrogen-bond donors (Lipinski definition) is 2. The number of ether oxygens (including phenoxy) is 1. The molecule has 4 rings (SSSR count). The number of ketones is 2. The van der Waals surface area contributed by atoms with Crippen molar-refractivity contribution in [3.8, 4) is 0 Å². The van der Waals surface area contributed by atoms with Crippen LogP contribution in [0.15, 0.2) is 0 Å². The zero-order valence-corrected chi connectivity index (χ0v) is 26.1. The van der Waals surface area contributed by atoms with E-state index in [2.05, 4.69) is 27.7 Å². The summed E-state index contributed by atoms with van der Waals surface area (Å²) in [6.07, 6.45) is 13.2. The number of Topliss-reactive ketones (excluding diaryl/α,β-unsaturated/α-hetero) is 2. The van der Waals surface area contributed by atoms with E-state index < -0.39 is 12.0 Å². The van der Waals surface area contributed by atoms with Gasteiger partial charge < -0.3 is 16.2 Å². The molecule has 228 valence electrons. The van der Waals surface area contributed by atoms with Crippen molar-refractivity contribution in [2.75, 3.05) is 6.54 Å². The van der Waals surface area contributed by atoms with Crippen molar-refractivity contribution in [2.24, 2.45) is 63.7 Å². The molecule has 0 heterocycles. The molecule has 0 amide bonds. The van der Waals surface area contributed by atoms with E-state index in [1.54, 1.807) is 0 Å². The maximum atomic E-state index is 13.4. The first-order valence-electron chi connectivity index (χ1n) is 16.6. The van der Waals surface area contributed by atoms with Gasteiger partial charge in [0.1, 0.15) is 17.7 Å². The lowest BCUT2D eigenvalue weighted by atomic mass is 9.44. The average Bonchev–Trinajstić information content (AvgIpc) is 3.25. The van der Waals surface area contributed by atoms with Crippen molar-refractivity contribution < 1.29 is 19.1 Å². The minimum atomic E-state index is -0.515. The lowest BCUT2D eigenvalue weighted by Crippen LogP contribution is -2.54. The molecule has 4 aliphatic rings. The summed E-state index contributed by atoms with van der Waals surface area (Å²) in [4.78, 5) is 38.8. The molecule has 0 saturated heterocycles. The van der Waals surface area contributed by atoms with Gasteiger partial charge in [0.05, 0.1) is 12.0 Å². The van der Waals surface area contributed by atoms with Crippen molar-refractivity contribution >= 4 is 17.5 Å². The number of fused-ring (bicyclic) bond motifs is 5. The SMILES string of the molecule is CC(=O)[C@H]1CC[C@H]2[C@@H]3CC[C@H]4C[C@H](OC(=O)[C@H](CCCCN)CC(=O)[C@@H](N)CC(C)C)CC[C@]4(C)[C@H]3CC[C@]12C. The molecule has 0 unspecified atom stereocenters. The highest BCUT2D eigenvalue weighted by atomic mass is 16.5. The van der Waals surface area contributed by atoms with E-state index >= 15 is 0 Å². The molecule has 0 bridgehead atoms. The van der Waals surface area contributed by atoms with Crippen molar-refractivity contribution in [3.63, 3.8) is 0 Å². The highest BCUT2D eigenvalue weighted by Gasteiger charge is 2.61. The molecule has 10 atom stereocenters. The molecule has 0 radical (unpaired) electrons. The summed E-state index contributed by atoms with van der Waals surface area (Å²) >= 11 is 0. The summed E-state index contributed by atoms with van der Waals surface area (Å²) in [7, 11) is 0. The third-order valence-electron chi connectivity index (χ3n) is 12.3. The summed E-state index contributed by atoms with van der Waals surface area (Å²) in [6.45, 7) is 11.5. The third-order valence-corrected chi connectivity index (χ3v) is 12.3. The molecular weight excluding hydrogens is 500 g/mol. The molecule has 6 nitrogen and oxygen atoms in total. The Morgan fingerprint density at radius 2 is 1.62 bits per heavy atom. The van der Waals surface area contributed by atoms with Gasteiger partial charge in [-0.3, -0.25) is 14.4 Å². The Kier molecular flexibility index (Phi) is 10.2. The summed E-state index contributed by atoms with van der Waals surface area (Å²) in [6, 6.07) is -0.515. The second-order valence-electron chi connectivity index (χ2n) is 15.2. The van der Waals surface area contributed by atoms with Gasteiger partial charge in [0.15, 0.2) is 0 Å². The Balaban J connectivity index is 1.38. The Labute approximate surface area is 243 Å². The monoisotopic (exact) mass is 558 g/mol. The van der Waals surface area contributed by atoms with Crippen LogP contribution in [-0.4, -0.2) is 36.2 Å². The van der Waals surface area contributed by atoms with Crippen molar-refractivity contribution in [3.05, 3.63) is 0 Å². The van der Waals surface area contributed by atoms with Crippen LogP contribution in [0.25, 0.3) is 0 Å². The molecule has 4 fully saturated rings. The second kappa shape index (κ2) is 12.9. The van der Waals surface area contributed by atoms with Crippen LogP contribution in [0.2, 0.25) is 0 Å². The van der Waals surface area contributed by atoms with E-state index in [0.717, 1.165) is 50.4 Å². The summed E-state index contributed by atoms with van der Waals surface area (Å²) < 4.78 is 6.20. The summed E-state index contributed by atoms with van der Waals surface area (Å²) in [5, 5.41) is 0. The topological polar surface area (TPSA) is 112 Å². The first-order chi connectivity index (χ1) is 18.9. The van der Waals surface area contributed by atoms with Gasteiger partial charge in [-0.05, 0) is 131 Å². The molecule has 0 aromatic carbocycles. The fourth-order valence-corrected chi connectivity index (χ4v) is 10.1. The Morgan fingerprint density at radius 3 is 2.30 bits per heavy atom. The second-order valence-corrected chi connectivity index (χ2v) is 15.2. The van der Waals surface area contributed by atoms with Gasteiger partial charge in [-0.2, -0.15) is 0 Å². The van der Waals surface area contributed by atoms with Crippen LogP contribution in [-0.2, 0) is 19.1 Å². The number of carbonyl (C=O) groups excluding carboxylic acids is 3. The molecule has 0 aliphatic heterocycles. The molecule has 4 aliphatic carbocycles. The minimum absolute atomic E-state index is 0.0267. The van der Waals surface area contributed by atoms with E-state index in [0.29, 0.717) is 48.3 Å². The van der Waals surface area contributed by atoms with Gasteiger partial charge in [0.2, 0.25) is 0 Å². The van der Waals surface area contributed by atoms with Crippen LogP contribution < -0.4 is 11.5 Å². The number of hydrogen-bond acceptors (Lipinski definition) is 6. The summed E-state index contributed by atoms with van der Waals surface area (Å²) in [5.41, 5.74) is 12.4. The Bertz CT molecular complexity index is 920. The molecule has 0 spiro atoms. The molecule has 0 aromatic rings. The summed E-state index contributed by atoms with van der Waals surface area (Å²) in [5.74, 6) is 3.05. The number of esters is 1. The molecule has 4 N–H and O–H groups in total. The lowest BCUT2D eigenvalue weighted by molar-refractivity contribution is -0.168. The molecule has 40 heavy (non-hydrogen) atoms. The fourth-order valence-electron chi connectivity index (χ4n) is 10.1. The highest BCUT2D eigenvalue weighted by Crippen LogP contribution is 2.67. The van der Waals surface area contributed by atoms with Gasteiger partial charge in [-0.15, -0.1) is 0 Å². The maximum absolute atomic E-state index is 13.4. The maximum Gasteiger partial charge on any atom is 0.309 e. The van der Waals surface area contributed by atoms with Crippen LogP contribution >= 0.6 is 0 Å². The van der Waals surface area contributed by atoms with Gasteiger partial charge in [-0.25, -0.2) is 0 Å². The van der Waals surface area contributed by atoms with Crippen LogP contribution in [0.1, 0.15) is 125 Å². The molecule has 4 saturated carbocycles. The van der Waals surface area contributed by atoms with Gasteiger partial charge in [0, 0.05) is 12.3 Å². The van der Waals surface area contributed by atoms with Gasteiger partial charge in [-0.1, -0.05) is 34.1 Å². The molecule has 6 heteroatoms. The van der Waals surface area contributed by atoms with E-state index in [1.165, 1.54) is 32.1 Å². The zero-order chi connectivity index (χ0) is 29.2. The molecular formula is C34H58N2O4. The van der Waals surface area contributed by atoms with Crippen LogP contribution in [0.5, 0.6) is 0 Å². The number of carbonyl (C=O) groups is 3. The largest absolute Gasteiger partial charge is 0.462 e. The first kappa shape index (κ1) is 31.7. The lowest BCUT2D eigenvalue weighted by Gasteiger charge is -2.61. The molecule has 0 aromatic heterocycles. The smallest absolute Gasteiger partial charge is 0.309 e. The number of rotatable bonds is 12. The van der Waals surface area contributed by atoms with Crippen LogP contribution in [0.3, 0.4) is 0 Å². The van der Waals surface area contributed by atoms with Crippen molar-refractivity contribution in [1.82, 2.24) is 0 Å². The van der Waals surface area contributed by atoms with Gasteiger partial charge >= 0.3 is 5.97 Å².